The van der Waals surface area contributed by atoms with Crippen molar-refractivity contribution < 1.29 is 4.74 Å². The number of ether oxygens (including phenoxy) is 1. The molecule has 2 atom stereocenters. The molecule has 2 unspecified atom stereocenters. The number of hydrogen-bond donors (Lipinski definition) is 0. The molecular weight excluding hydrogens is 136 g/mol. The van der Waals surface area contributed by atoms with E-state index in [9.17, 15) is 0 Å². The van der Waals surface area contributed by atoms with Gasteiger partial charge in [0, 0.05) is 0 Å². The molecule has 1 nitrogen and oxygen atoms in total. The Balaban J connectivity index is 2.29. The molecule has 1 aliphatic carbocycles. The zero-order chi connectivity index (χ0) is 7.95. The predicted molar refractivity (Wildman–Crippen MR) is 45.4 cm³/mol. The van der Waals surface area contributed by atoms with E-state index in [4.69, 9.17) is 4.74 Å². The Morgan fingerprint density at radius 3 is 1.82 bits per heavy atom. The van der Waals surface area contributed by atoms with Crippen molar-refractivity contribution in [3.63, 3.8) is 0 Å². The predicted octanol–water partition coefficient (Wildman–Crippen LogP) is 2.44. The number of epoxide rings is 1. The molecule has 1 saturated heterocycles. The van der Waals surface area contributed by atoms with Gasteiger partial charge in [0.15, 0.2) is 0 Å². The van der Waals surface area contributed by atoms with Crippen LogP contribution in [0.1, 0.15) is 26.7 Å². The summed E-state index contributed by atoms with van der Waals surface area (Å²) in [4.78, 5) is 0. The second-order valence-corrected chi connectivity index (χ2v) is 3.31. The minimum absolute atomic E-state index is 0.0660. The maximum absolute atomic E-state index is 5.78. The first kappa shape index (κ1) is 7.11. The summed E-state index contributed by atoms with van der Waals surface area (Å²) < 4.78 is 5.78. The number of hydrogen-bond acceptors (Lipinski definition) is 1. The Morgan fingerprint density at radius 2 is 1.45 bits per heavy atom. The Kier molecular flexibility index (Phi) is 1.28. The molecule has 1 heteroatoms. The third-order valence-corrected chi connectivity index (χ3v) is 2.93. The van der Waals surface area contributed by atoms with Gasteiger partial charge in [-0.25, -0.2) is 0 Å². The zero-order valence-corrected chi connectivity index (χ0v) is 7.13. The van der Waals surface area contributed by atoms with Gasteiger partial charge in [0.1, 0.15) is 11.2 Å². The van der Waals surface area contributed by atoms with Crippen molar-refractivity contribution in [2.75, 3.05) is 0 Å². The summed E-state index contributed by atoms with van der Waals surface area (Å²) >= 11 is 0. The van der Waals surface area contributed by atoms with E-state index >= 15 is 0 Å². The second-order valence-electron chi connectivity index (χ2n) is 3.31. The molecule has 0 bridgehead atoms. The van der Waals surface area contributed by atoms with Gasteiger partial charge in [-0.2, -0.15) is 0 Å². The molecule has 0 N–H and O–H groups in total. The van der Waals surface area contributed by atoms with Gasteiger partial charge in [-0.3, -0.25) is 0 Å². The van der Waals surface area contributed by atoms with Crippen molar-refractivity contribution in [1.82, 2.24) is 0 Å². The lowest BCUT2D eigenvalue weighted by Crippen LogP contribution is -2.22. The lowest BCUT2D eigenvalue weighted by atomic mass is 9.85. The van der Waals surface area contributed by atoms with Crippen LogP contribution < -0.4 is 0 Å². The third-order valence-electron chi connectivity index (χ3n) is 2.93. The van der Waals surface area contributed by atoms with Crippen LogP contribution in [0.4, 0.5) is 0 Å². The van der Waals surface area contributed by atoms with Crippen molar-refractivity contribution in [2.24, 2.45) is 0 Å². The first-order valence-electron chi connectivity index (χ1n) is 4.36. The fourth-order valence-electron chi connectivity index (χ4n) is 2.05. The minimum atomic E-state index is 0.0660. The van der Waals surface area contributed by atoms with Crippen molar-refractivity contribution in [1.29, 1.82) is 0 Å². The molecule has 0 aromatic carbocycles. The summed E-state index contributed by atoms with van der Waals surface area (Å²) in [5, 5.41) is 0. The number of allylic oxidation sites excluding steroid dienone is 2. The summed E-state index contributed by atoms with van der Waals surface area (Å²) in [7, 11) is 0. The van der Waals surface area contributed by atoms with Crippen LogP contribution in [0.15, 0.2) is 24.3 Å². The van der Waals surface area contributed by atoms with Gasteiger partial charge in [0.2, 0.25) is 0 Å². The number of rotatable bonds is 2. The summed E-state index contributed by atoms with van der Waals surface area (Å²) in [6, 6.07) is 0. The van der Waals surface area contributed by atoms with E-state index in [-0.39, 0.29) is 11.2 Å². The molecule has 11 heavy (non-hydrogen) atoms. The van der Waals surface area contributed by atoms with Gasteiger partial charge in [0.05, 0.1) is 0 Å². The molecular formula is C10H14O. The fourth-order valence-corrected chi connectivity index (χ4v) is 2.05. The molecule has 2 rings (SSSR count). The van der Waals surface area contributed by atoms with Gasteiger partial charge >= 0.3 is 0 Å². The topological polar surface area (TPSA) is 12.5 Å². The molecule has 0 spiro atoms. The highest BCUT2D eigenvalue weighted by molar-refractivity contribution is 5.38. The quantitative estimate of drug-likeness (QED) is 0.551. The normalized spacial score (nSPS) is 45.6. The van der Waals surface area contributed by atoms with E-state index in [1.807, 2.05) is 0 Å². The Morgan fingerprint density at radius 1 is 1.00 bits per heavy atom. The van der Waals surface area contributed by atoms with Crippen LogP contribution >= 0.6 is 0 Å². The van der Waals surface area contributed by atoms with E-state index in [2.05, 4.69) is 38.2 Å². The van der Waals surface area contributed by atoms with Crippen LogP contribution in [0.5, 0.6) is 0 Å². The Bertz CT molecular complexity index is 205. The smallest absolute Gasteiger partial charge is 0.120 e. The summed E-state index contributed by atoms with van der Waals surface area (Å²) in [6.45, 7) is 4.36. The van der Waals surface area contributed by atoms with E-state index in [1.54, 1.807) is 0 Å². The second kappa shape index (κ2) is 1.98. The molecule has 1 aliphatic heterocycles. The summed E-state index contributed by atoms with van der Waals surface area (Å²) in [5.74, 6) is 0. The minimum Gasteiger partial charge on any atom is -0.354 e. The highest BCUT2D eigenvalue weighted by Gasteiger charge is 2.65. The van der Waals surface area contributed by atoms with Crippen LogP contribution in [-0.2, 0) is 4.74 Å². The molecule has 1 fully saturated rings. The van der Waals surface area contributed by atoms with Gasteiger partial charge in [0.25, 0.3) is 0 Å². The van der Waals surface area contributed by atoms with Crippen molar-refractivity contribution in [3.8, 4) is 0 Å². The van der Waals surface area contributed by atoms with E-state index < -0.39 is 0 Å². The first-order valence-corrected chi connectivity index (χ1v) is 4.36. The van der Waals surface area contributed by atoms with Crippen LogP contribution in [0, 0.1) is 0 Å². The first-order chi connectivity index (χ1) is 5.29. The molecule has 0 aromatic heterocycles. The van der Waals surface area contributed by atoms with Crippen molar-refractivity contribution in [3.05, 3.63) is 24.3 Å². The van der Waals surface area contributed by atoms with Gasteiger partial charge in [-0.1, -0.05) is 26.0 Å². The van der Waals surface area contributed by atoms with E-state index in [0.29, 0.717) is 0 Å². The molecule has 0 amide bonds. The Hall–Kier alpha value is -0.560. The van der Waals surface area contributed by atoms with Crippen molar-refractivity contribution >= 4 is 0 Å². The highest BCUT2D eigenvalue weighted by Crippen LogP contribution is 2.56. The standard InChI is InChI=1S/C10H14O/c1-3-9-7-5-6-8-10(9,4-2)11-9/h5-8H,3-4H2,1-2H3. The fraction of sp³-hybridized carbons (Fsp3) is 0.600. The molecule has 2 aliphatic rings. The summed E-state index contributed by atoms with van der Waals surface area (Å²) in [6.07, 6.45) is 10.7. The molecule has 0 radical (unpaired) electrons. The average molecular weight is 150 g/mol. The molecule has 60 valence electrons. The van der Waals surface area contributed by atoms with Crippen LogP contribution in [0.3, 0.4) is 0 Å². The lowest BCUT2D eigenvalue weighted by molar-refractivity contribution is 0.298. The zero-order valence-electron chi connectivity index (χ0n) is 7.13. The van der Waals surface area contributed by atoms with Gasteiger partial charge in [-0.15, -0.1) is 0 Å². The number of fused-ring (bicyclic) bond motifs is 1. The third kappa shape index (κ3) is 0.694. The van der Waals surface area contributed by atoms with E-state index in [1.165, 1.54) is 0 Å². The molecule has 1 heterocycles. The maximum Gasteiger partial charge on any atom is 0.120 e. The monoisotopic (exact) mass is 150 g/mol. The van der Waals surface area contributed by atoms with E-state index in [0.717, 1.165) is 12.8 Å². The van der Waals surface area contributed by atoms with Gasteiger partial charge in [-0.05, 0) is 25.0 Å². The maximum atomic E-state index is 5.78. The van der Waals surface area contributed by atoms with Crippen LogP contribution in [-0.4, -0.2) is 11.2 Å². The molecule has 0 aromatic rings. The lowest BCUT2D eigenvalue weighted by Gasteiger charge is -2.12. The SMILES string of the molecule is CCC12C=CC=CC1(CC)O2. The Labute approximate surface area is 67.7 Å². The van der Waals surface area contributed by atoms with Crippen LogP contribution in [0.2, 0.25) is 0 Å². The highest BCUT2D eigenvalue weighted by atomic mass is 16.6. The summed E-state index contributed by atoms with van der Waals surface area (Å²) in [5.41, 5.74) is 0.132. The molecule has 0 saturated carbocycles. The largest absolute Gasteiger partial charge is 0.354 e. The van der Waals surface area contributed by atoms with Crippen molar-refractivity contribution in [2.45, 2.75) is 37.9 Å². The van der Waals surface area contributed by atoms with Gasteiger partial charge < -0.3 is 4.74 Å². The average Bonchev–Trinajstić information content (AvgIpc) is 2.75. The van der Waals surface area contributed by atoms with Crippen LogP contribution in [0.25, 0.3) is 0 Å².